The van der Waals surface area contributed by atoms with E-state index in [4.69, 9.17) is 21.1 Å². The molecule has 7 nitrogen and oxygen atoms in total. The number of H-pyrrole nitrogens is 1. The van der Waals surface area contributed by atoms with Crippen molar-refractivity contribution in [1.82, 2.24) is 4.98 Å². The van der Waals surface area contributed by atoms with Gasteiger partial charge in [-0.25, -0.2) is 0 Å². The number of ether oxygens (including phenoxy) is 2. The summed E-state index contributed by atoms with van der Waals surface area (Å²) in [5, 5.41) is 3.07. The van der Waals surface area contributed by atoms with Crippen LogP contribution in [0.5, 0.6) is 11.5 Å². The quantitative estimate of drug-likeness (QED) is 0.660. The molecule has 1 atom stereocenters. The molecule has 146 valence electrons. The normalized spacial score (nSPS) is 11.7. The molecule has 0 aliphatic rings. The van der Waals surface area contributed by atoms with Crippen LogP contribution in [0.3, 0.4) is 0 Å². The van der Waals surface area contributed by atoms with Crippen LogP contribution >= 0.6 is 11.6 Å². The molecule has 0 aliphatic carbocycles. The molecule has 2 N–H and O–H groups in total. The summed E-state index contributed by atoms with van der Waals surface area (Å²) in [5.74, 6) is 0.0386. The molecule has 1 amide bonds. The number of pyridine rings is 1. The number of carbonyl (C=O) groups is 1. The van der Waals surface area contributed by atoms with Crippen molar-refractivity contribution in [2.75, 3.05) is 24.8 Å². The van der Waals surface area contributed by atoms with Crippen molar-refractivity contribution < 1.29 is 18.5 Å². The number of aromatic nitrogens is 1. The SMILES string of the molecule is CCCOc1c[nH]c(CS(=O)CC(=O)Nc2cc(Cl)ccc2OC)cc1=O. The zero-order valence-corrected chi connectivity index (χ0v) is 16.6. The van der Waals surface area contributed by atoms with E-state index in [0.29, 0.717) is 28.8 Å². The smallest absolute Gasteiger partial charge is 0.237 e. The summed E-state index contributed by atoms with van der Waals surface area (Å²) in [7, 11) is -0.0322. The van der Waals surface area contributed by atoms with E-state index in [1.54, 1.807) is 18.2 Å². The van der Waals surface area contributed by atoms with Gasteiger partial charge in [0.05, 0.1) is 25.2 Å². The Morgan fingerprint density at radius 2 is 2.07 bits per heavy atom. The molecule has 27 heavy (non-hydrogen) atoms. The standard InChI is InChI=1S/C18H21ClN2O5S/c1-3-6-26-17-9-20-13(8-15(17)22)10-27(24)11-18(23)21-14-7-12(19)4-5-16(14)25-2/h4-5,7-9H,3,6,10-11H2,1-2H3,(H,20,22)(H,21,23). The minimum Gasteiger partial charge on any atom is -0.495 e. The minimum atomic E-state index is -1.51. The number of carbonyl (C=O) groups excluding carboxylic acids is 1. The van der Waals surface area contributed by atoms with Crippen LogP contribution in [-0.2, 0) is 21.3 Å². The van der Waals surface area contributed by atoms with Gasteiger partial charge in [-0.2, -0.15) is 0 Å². The first-order valence-electron chi connectivity index (χ1n) is 8.25. The lowest BCUT2D eigenvalue weighted by Gasteiger charge is -2.10. The summed E-state index contributed by atoms with van der Waals surface area (Å²) in [6.07, 6.45) is 2.24. The molecule has 0 saturated carbocycles. The zero-order chi connectivity index (χ0) is 19.8. The van der Waals surface area contributed by atoms with E-state index in [1.165, 1.54) is 19.4 Å². The summed E-state index contributed by atoms with van der Waals surface area (Å²) in [6.45, 7) is 2.39. The van der Waals surface area contributed by atoms with Crippen molar-refractivity contribution in [1.29, 1.82) is 0 Å². The zero-order valence-electron chi connectivity index (χ0n) is 15.0. The fourth-order valence-electron chi connectivity index (χ4n) is 2.24. The molecule has 0 saturated heterocycles. The van der Waals surface area contributed by atoms with Gasteiger partial charge in [0.15, 0.2) is 5.75 Å². The lowest BCUT2D eigenvalue weighted by molar-refractivity contribution is -0.113. The highest BCUT2D eigenvalue weighted by Gasteiger charge is 2.13. The van der Waals surface area contributed by atoms with E-state index in [2.05, 4.69) is 10.3 Å². The van der Waals surface area contributed by atoms with E-state index >= 15 is 0 Å². The van der Waals surface area contributed by atoms with Crippen molar-refractivity contribution in [3.63, 3.8) is 0 Å². The molecule has 9 heteroatoms. The van der Waals surface area contributed by atoms with Crippen LogP contribution in [-0.4, -0.2) is 34.6 Å². The molecule has 2 rings (SSSR count). The van der Waals surface area contributed by atoms with Crippen LogP contribution in [0.25, 0.3) is 0 Å². The van der Waals surface area contributed by atoms with E-state index in [-0.39, 0.29) is 22.7 Å². The number of nitrogens with one attached hydrogen (secondary N) is 2. The Bertz CT molecular complexity index is 884. The topological polar surface area (TPSA) is 97.5 Å². The first-order chi connectivity index (χ1) is 12.9. The first-order valence-corrected chi connectivity index (χ1v) is 10.1. The lowest BCUT2D eigenvalue weighted by Crippen LogP contribution is -2.21. The molecule has 1 aromatic heterocycles. The number of hydrogen-bond donors (Lipinski definition) is 2. The number of aromatic amines is 1. The molecule has 0 spiro atoms. The molecule has 2 aromatic rings. The second kappa shape index (κ2) is 10.1. The predicted molar refractivity (Wildman–Crippen MR) is 106 cm³/mol. The highest BCUT2D eigenvalue weighted by atomic mass is 35.5. The molecule has 0 fully saturated rings. The summed E-state index contributed by atoms with van der Waals surface area (Å²) in [5.41, 5.74) is 0.579. The third-order valence-electron chi connectivity index (χ3n) is 3.44. The van der Waals surface area contributed by atoms with Crippen molar-refractivity contribution in [3.05, 3.63) is 51.4 Å². The molecule has 1 heterocycles. The van der Waals surface area contributed by atoms with Gasteiger partial charge in [-0.05, 0) is 24.6 Å². The van der Waals surface area contributed by atoms with Crippen LogP contribution in [0.15, 0.2) is 35.3 Å². The van der Waals surface area contributed by atoms with Gasteiger partial charge in [-0.1, -0.05) is 18.5 Å². The number of anilines is 1. The molecule has 1 unspecified atom stereocenters. The van der Waals surface area contributed by atoms with Gasteiger partial charge in [0.1, 0.15) is 11.5 Å². The lowest BCUT2D eigenvalue weighted by atomic mass is 10.3. The Balaban J connectivity index is 1.95. The van der Waals surface area contributed by atoms with Crippen LogP contribution in [0.4, 0.5) is 5.69 Å². The van der Waals surface area contributed by atoms with Gasteiger partial charge in [-0.15, -0.1) is 0 Å². The molecule has 0 aliphatic heterocycles. The maximum Gasteiger partial charge on any atom is 0.237 e. The Morgan fingerprint density at radius 3 is 2.74 bits per heavy atom. The number of rotatable bonds is 9. The summed E-state index contributed by atoms with van der Waals surface area (Å²) < 4.78 is 22.7. The summed E-state index contributed by atoms with van der Waals surface area (Å²) >= 11 is 5.92. The molecular formula is C18H21ClN2O5S. The summed E-state index contributed by atoms with van der Waals surface area (Å²) in [4.78, 5) is 27.0. The molecule has 1 aromatic carbocycles. The minimum absolute atomic E-state index is 0.0450. The highest BCUT2D eigenvalue weighted by molar-refractivity contribution is 7.84. The van der Waals surface area contributed by atoms with Gasteiger partial charge < -0.3 is 19.8 Å². The van der Waals surface area contributed by atoms with Gasteiger partial charge in [0, 0.05) is 33.8 Å². The molecular weight excluding hydrogens is 392 g/mol. The van der Waals surface area contributed by atoms with Gasteiger partial charge >= 0.3 is 0 Å². The van der Waals surface area contributed by atoms with Crippen LogP contribution in [0.2, 0.25) is 5.02 Å². The number of methoxy groups -OCH3 is 1. The third-order valence-corrected chi connectivity index (χ3v) is 4.89. The van der Waals surface area contributed by atoms with E-state index in [0.717, 1.165) is 6.42 Å². The maximum absolute atomic E-state index is 12.2. The van der Waals surface area contributed by atoms with Gasteiger partial charge in [-0.3, -0.25) is 13.8 Å². The van der Waals surface area contributed by atoms with Crippen LogP contribution in [0.1, 0.15) is 19.0 Å². The van der Waals surface area contributed by atoms with Gasteiger partial charge in [0.2, 0.25) is 11.3 Å². The Hall–Kier alpha value is -2.32. The second-order valence-electron chi connectivity index (χ2n) is 5.66. The van der Waals surface area contributed by atoms with Crippen molar-refractivity contribution in [2.24, 2.45) is 0 Å². The van der Waals surface area contributed by atoms with Crippen LogP contribution < -0.4 is 20.2 Å². The Kier molecular flexibility index (Phi) is 7.87. The first kappa shape index (κ1) is 21.0. The van der Waals surface area contributed by atoms with Crippen molar-refractivity contribution in [2.45, 2.75) is 19.1 Å². The average Bonchev–Trinajstić information content (AvgIpc) is 2.61. The highest BCUT2D eigenvalue weighted by Crippen LogP contribution is 2.27. The largest absolute Gasteiger partial charge is 0.495 e. The third kappa shape index (κ3) is 6.41. The fourth-order valence-corrected chi connectivity index (χ4v) is 3.40. The van der Waals surface area contributed by atoms with Crippen LogP contribution in [0, 0.1) is 0 Å². The van der Waals surface area contributed by atoms with E-state index in [9.17, 15) is 13.8 Å². The van der Waals surface area contributed by atoms with Crippen molar-refractivity contribution in [3.8, 4) is 11.5 Å². The number of benzene rings is 1. The molecule has 0 radical (unpaired) electrons. The van der Waals surface area contributed by atoms with Gasteiger partial charge in [0.25, 0.3) is 0 Å². The fraction of sp³-hybridized carbons (Fsp3) is 0.333. The van der Waals surface area contributed by atoms with Crippen molar-refractivity contribution >= 4 is 34.0 Å². The van der Waals surface area contributed by atoms with E-state index < -0.39 is 16.7 Å². The maximum atomic E-state index is 12.2. The molecule has 0 bridgehead atoms. The second-order valence-corrected chi connectivity index (χ2v) is 7.55. The summed E-state index contributed by atoms with van der Waals surface area (Å²) in [6, 6.07) is 6.15. The monoisotopic (exact) mass is 412 g/mol. The predicted octanol–water partition coefficient (Wildman–Crippen LogP) is 2.71. The average molecular weight is 413 g/mol. The number of hydrogen-bond acceptors (Lipinski definition) is 5. The Morgan fingerprint density at radius 1 is 1.30 bits per heavy atom. The number of amides is 1. The Labute approximate surface area is 164 Å². The van der Waals surface area contributed by atoms with E-state index in [1.807, 2.05) is 6.92 Å². The number of halogens is 1.